The second-order valence-corrected chi connectivity index (χ2v) is 3.94. The summed E-state index contributed by atoms with van der Waals surface area (Å²) in [5, 5.41) is 20.5. The zero-order valence-corrected chi connectivity index (χ0v) is 10.5. The van der Waals surface area contributed by atoms with Crippen LogP contribution in [0.2, 0.25) is 0 Å². The van der Waals surface area contributed by atoms with E-state index in [0.717, 1.165) is 0 Å². The van der Waals surface area contributed by atoms with E-state index in [2.05, 4.69) is 11.9 Å². The van der Waals surface area contributed by atoms with Gasteiger partial charge in [-0.1, -0.05) is 6.08 Å². The lowest BCUT2D eigenvalue weighted by molar-refractivity contribution is -0.139. The molecule has 0 aliphatic rings. The fraction of sp³-hybridized carbons (Fsp3) is 0.231. The number of benzene rings is 1. The van der Waals surface area contributed by atoms with Crippen molar-refractivity contribution in [1.29, 1.82) is 0 Å². The number of aliphatic carboxylic acids is 1. The predicted molar refractivity (Wildman–Crippen MR) is 71.3 cm³/mol. The molecule has 6 heteroatoms. The van der Waals surface area contributed by atoms with Crippen molar-refractivity contribution in [1.82, 2.24) is 5.32 Å². The van der Waals surface area contributed by atoms with Gasteiger partial charge in [0.2, 0.25) is 0 Å². The number of carboxylic acids is 1. The van der Waals surface area contributed by atoms with Crippen molar-refractivity contribution in [2.75, 3.05) is 11.9 Å². The molecule has 1 aromatic carbocycles. The molecule has 0 spiro atoms. The third kappa shape index (κ3) is 4.02. The maximum atomic E-state index is 11.9. The number of carbonyl (C=O) groups excluding carboxylic acids is 1. The van der Waals surface area contributed by atoms with Crippen molar-refractivity contribution in [2.24, 2.45) is 0 Å². The molecule has 0 bridgehead atoms. The van der Waals surface area contributed by atoms with Crippen molar-refractivity contribution < 1.29 is 19.8 Å². The average molecular weight is 264 g/mol. The minimum absolute atomic E-state index is 0.0904. The number of carboxylic acid groups (broad SMARTS) is 1. The van der Waals surface area contributed by atoms with E-state index in [-0.39, 0.29) is 12.2 Å². The molecule has 0 aliphatic carbocycles. The molecule has 0 saturated heterocycles. The standard InChI is InChI=1S/C13H16N2O4/c1-3-4-11(12(17)18)14-13(19)15(2)9-5-7-10(16)8-6-9/h3,5-8,11,16H,1,4H2,2H3,(H,14,19)(H,17,18). The summed E-state index contributed by atoms with van der Waals surface area (Å²) in [6.45, 7) is 3.45. The largest absolute Gasteiger partial charge is 0.508 e. The monoisotopic (exact) mass is 264 g/mol. The van der Waals surface area contributed by atoms with Crippen LogP contribution >= 0.6 is 0 Å². The molecular weight excluding hydrogens is 248 g/mol. The van der Waals surface area contributed by atoms with E-state index in [9.17, 15) is 9.59 Å². The van der Waals surface area contributed by atoms with Crippen LogP contribution in [0.5, 0.6) is 5.75 Å². The number of amides is 2. The van der Waals surface area contributed by atoms with Crippen molar-refractivity contribution >= 4 is 17.7 Å². The van der Waals surface area contributed by atoms with Gasteiger partial charge in [0.15, 0.2) is 0 Å². The van der Waals surface area contributed by atoms with Crippen LogP contribution in [0.4, 0.5) is 10.5 Å². The summed E-state index contributed by atoms with van der Waals surface area (Å²) in [5.41, 5.74) is 0.540. The van der Waals surface area contributed by atoms with Crippen LogP contribution in [0.1, 0.15) is 6.42 Å². The summed E-state index contributed by atoms with van der Waals surface area (Å²) in [6.07, 6.45) is 1.57. The van der Waals surface area contributed by atoms with Crippen molar-refractivity contribution in [3.05, 3.63) is 36.9 Å². The van der Waals surface area contributed by atoms with E-state index < -0.39 is 18.0 Å². The fourth-order valence-electron chi connectivity index (χ4n) is 1.43. The molecule has 0 aliphatic heterocycles. The molecule has 19 heavy (non-hydrogen) atoms. The molecule has 3 N–H and O–H groups in total. The van der Waals surface area contributed by atoms with Gasteiger partial charge in [0.05, 0.1) is 0 Å². The van der Waals surface area contributed by atoms with E-state index >= 15 is 0 Å². The van der Waals surface area contributed by atoms with Gasteiger partial charge in [0.25, 0.3) is 0 Å². The minimum atomic E-state index is -1.12. The highest BCUT2D eigenvalue weighted by Crippen LogP contribution is 2.17. The second-order valence-electron chi connectivity index (χ2n) is 3.94. The number of hydrogen-bond donors (Lipinski definition) is 3. The van der Waals surface area contributed by atoms with Crippen LogP contribution in [0.15, 0.2) is 36.9 Å². The number of aromatic hydroxyl groups is 1. The summed E-state index contributed by atoms with van der Waals surface area (Å²) in [6, 6.07) is 4.44. The molecule has 1 atom stereocenters. The summed E-state index contributed by atoms with van der Waals surface area (Å²) >= 11 is 0. The van der Waals surface area contributed by atoms with Gasteiger partial charge in [-0.05, 0) is 30.7 Å². The second kappa shape index (κ2) is 6.44. The van der Waals surface area contributed by atoms with Crippen LogP contribution in [-0.4, -0.2) is 35.3 Å². The van der Waals surface area contributed by atoms with Crippen LogP contribution in [0.25, 0.3) is 0 Å². The Morgan fingerprint density at radius 3 is 2.47 bits per heavy atom. The summed E-state index contributed by atoms with van der Waals surface area (Å²) in [4.78, 5) is 24.0. The fourth-order valence-corrected chi connectivity index (χ4v) is 1.43. The Hall–Kier alpha value is -2.50. The number of phenolic OH excluding ortho intramolecular Hbond substituents is 1. The Morgan fingerprint density at radius 2 is 2.00 bits per heavy atom. The average Bonchev–Trinajstić information content (AvgIpc) is 2.38. The molecule has 0 radical (unpaired) electrons. The molecule has 1 unspecified atom stereocenters. The van der Waals surface area contributed by atoms with Crippen LogP contribution < -0.4 is 10.2 Å². The van der Waals surface area contributed by atoms with Gasteiger partial charge in [-0.3, -0.25) is 4.90 Å². The van der Waals surface area contributed by atoms with Gasteiger partial charge in [0, 0.05) is 12.7 Å². The Kier molecular flexibility index (Phi) is 4.93. The third-order valence-corrected chi connectivity index (χ3v) is 2.54. The topological polar surface area (TPSA) is 89.9 Å². The van der Waals surface area contributed by atoms with Crippen molar-refractivity contribution in [2.45, 2.75) is 12.5 Å². The van der Waals surface area contributed by atoms with Gasteiger partial charge in [-0.15, -0.1) is 6.58 Å². The Labute approximate surface area is 111 Å². The van der Waals surface area contributed by atoms with E-state index in [1.54, 1.807) is 12.1 Å². The third-order valence-electron chi connectivity index (χ3n) is 2.54. The number of hydrogen-bond acceptors (Lipinski definition) is 3. The highest BCUT2D eigenvalue weighted by atomic mass is 16.4. The first-order chi connectivity index (χ1) is 8.95. The van der Waals surface area contributed by atoms with Gasteiger partial charge in [0.1, 0.15) is 11.8 Å². The number of phenols is 1. The Balaban J connectivity index is 2.73. The quantitative estimate of drug-likeness (QED) is 0.704. The molecule has 0 heterocycles. The SMILES string of the molecule is C=CCC(NC(=O)N(C)c1ccc(O)cc1)C(=O)O. The smallest absolute Gasteiger partial charge is 0.326 e. The first kappa shape index (κ1) is 14.6. The molecule has 102 valence electrons. The number of nitrogens with one attached hydrogen (secondary N) is 1. The van der Waals surface area contributed by atoms with E-state index in [0.29, 0.717) is 5.69 Å². The lowest BCUT2D eigenvalue weighted by Crippen LogP contribution is -2.46. The van der Waals surface area contributed by atoms with Crippen LogP contribution in [0.3, 0.4) is 0 Å². The van der Waals surface area contributed by atoms with Crippen LogP contribution in [-0.2, 0) is 4.79 Å². The highest BCUT2D eigenvalue weighted by molar-refractivity contribution is 5.94. The Morgan fingerprint density at radius 1 is 1.42 bits per heavy atom. The molecule has 0 saturated carbocycles. The predicted octanol–water partition coefficient (Wildman–Crippen LogP) is 1.57. The van der Waals surface area contributed by atoms with Crippen molar-refractivity contribution in [3.8, 4) is 5.75 Å². The normalized spacial score (nSPS) is 11.4. The van der Waals surface area contributed by atoms with Gasteiger partial charge < -0.3 is 15.5 Å². The van der Waals surface area contributed by atoms with E-state index in [1.807, 2.05) is 0 Å². The molecule has 6 nitrogen and oxygen atoms in total. The first-order valence-corrected chi connectivity index (χ1v) is 5.62. The molecule has 2 amide bonds. The molecular formula is C13H16N2O4. The zero-order chi connectivity index (χ0) is 14.4. The molecule has 1 aromatic rings. The summed E-state index contributed by atoms with van der Waals surface area (Å²) in [7, 11) is 1.51. The zero-order valence-electron chi connectivity index (χ0n) is 10.5. The van der Waals surface area contributed by atoms with E-state index in [4.69, 9.17) is 10.2 Å². The molecule has 0 fully saturated rings. The highest BCUT2D eigenvalue weighted by Gasteiger charge is 2.20. The summed E-state index contributed by atoms with van der Waals surface area (Å²) < 4.78 is 0. The maximum absolute atomic E-state index is 11.9. The molecule has 0 aromatic heterocycles. The first-order valence-electron chi connectivity index (χ1n) is 5.62. The van der Waals surface area contributed by atoms with Gasteiger partial charge in [-0.25, -0.2) is 9.59 Å². The number of rotatable bonds is 5. The van der Waals surface area contributed by atoms with Gasteiger partial charge in [-0.2, -0.15) is 0 Å². The summed E-state index contributed by atoms with van der Waals surface area (Å²) in [5.74, 6) is -1.03. The van der Waals surface area contributed by atoms with E-state index in [1.165, 1.54) is 30.2 Å². The maximum Gasteiger partial charge on any atom is 0.326 e. The number of urea groups is 1. The Bertz CT molecular complexity index is 470. The number of carbonyl (C=O) groups is 2. The molecule has 1 rings (SSSR count). The number of nitrogens with zero attached hydrogens (tertiary/aromatic N) is 1. The van der Waals surface area contributed by atoms with Crippen LogP contribution in [0, 0.1) is 0 Å². The minimum Gasteiger partial charge on any atom is -0.508 e. The lowest BCUT2D eigenvalue weighted by Gasteiger charge is -2.21. The lowest BCUT2D eigenvalue weighted by atomic mass is 10.2. The number of anilines is 1. The van der Waals surface area contributed by atoms with Crippen molar-refractivity contribution in [3.63, 3.8) is 0 Å². The van der Waals surface area contributed by atoms with Gasteiger partial charge >= 0.3 is 12.0 Å².